The van der Waals surface area contributed by atoms with E-state index in [1.165, 1.54) is 11.8 Å². The van der Waals surface area contributed by atoms with E-state index in [0.717, 1.165) is 30.6 Å². The molecule has 1 fully saturated rings. The summed E-state index contributed by atoms with van der Waals surface area (Å²) >= 11 is 1.52. The van der Waals surface area contributed by atoms with E-state index in [-0.39, 0.29) is 18.1 Å². The highest BCUT2D eigenvalue weighted by Gasteiger charge is 2.24. The summed E-state index contributed by atoms with van der Waals surface area (Å²) in [5, 5.41) is 12.7. The molecule has 4 heteroatoms. The summed E-state index contributed by atoms with van der Waals surface area (Å²) in [5.74, 6) is 0.419. The van der Waals surface area contributed by atoms with Crippen molar-refractivity contribution < 1.29 is 9.90 Å². The summed E-state index contributed by atoms with van der Waals surface area (Å²) in [6.07, 6.45) is 3.48. The van der Waals surface area contributed by atoms with Crippen LogP contribution in [0.25, 0.3) is 0 Å². The number of carbonyl (C=O) groups is 1. The molecule has 1 aromatic carbocycles. The molecule has 0 unspecified atom stereocenters. The van der Waals surface area contributed by atoms with Gasteiger partial charge < -0.3 is 10.4 Å². The second-order valence-electron chi connectivity index (χ2n) is 4.63. The molecule has 1 aliphatic carbocycles. The molecule has 2 atom stereocenters. The van der Waals surface area contributed by atoms with E-state index < -0.39 is 0 Å². The van der Waals surface area contributed by atoms with Gasteiger partial charge in [0.15, 0.2) is 0 Å². The first-order valence-electron chi connectivity index (χ1n) is 6.41. The average molecular weight is 265 g/mol. The lowest BCUT2D eigenvalue weighted by molar-refractivity contribution is -0.120. The molecule has 1 saturated carbocycles. The SMILES string of the molecule is O=C(CSc1ccccc1)N[C@H]1CCCC[C@@H]1O. The highest BCUT2D eigenvalue weighted by atomic mass is 32.2. The number of amides is 1. The van der Waals surface area contributed by atoms with Crippen LogP contribution >= 0.6 is 11.8 Å². The second kappa shape index (κ2) is 6.81. The van der Waals surface area contributed by atoms with Crippen LogP contribution in [-0.2, 0) is 4.79 Å². The summed E-state index contributed by atoms with van der Waals surface area (Å²) in [4.78, 5) is 12.9. The van der Waals surface area contributed by atoms with Crippen molar-refractivity contribution in [3.63, 3.8) is 0 Å². The molecule has 3 nitrogen and oxygen atoms in total. The van der Waals surface area contributed by atoms with Crippen molar-refractivity contribution >= 4 is 17.7 Å². The van der Waals surface area contributed by atoms with Crippen molar-refractivity contribution in [2.24, 2.45) is 0 Å². The Morgan fingerprint density at radius 3 is 2.72 bits per heavy atom. The van der Waals surface area contributed by atoms with Crippen molar-refractivity contribution in [3.8, 4) is 0 Å². The van der Waals surface area contributed by atoms with E-state index >= 15 is 0 Å². The molecule has 0 aliphatic heterocycles. The van der Waals surface area contributed by atoms with E-state index in [1.807, 2.05) is 30.3 Å². The number of benzene rings is 1. The first-order valence-corrected chi connectivity index (χ1v) is 7.39. The first-order chi connectivity index (χ1) is 8.75. The van der Waals surface area contributed by atoms with Gasteiger partial charge in [-0.25, -0.2) is 0 Å². The quantitative estimate of drug-likeness (QED) is 0.821. The molecule has 18 heavy (non-hydrogen) atoms. The molecule has 0 heterocycles. The minimum atomic E-state index is -0.371. The van der Waals surface area contributed by atoms with Gasteiger partial charge in [0.25, 0.3) is 0 Å². The molecule has 0 aromatic heterocycles. The van der Waals surface area contributed by atoms with Crippen molar-refractivity contribution in [1.82, 2.24) is 5.32 Å². The topological polar surface area (TPSA) is 49.3 Å². The lowest BCUT2D eigenvalue weighted by Crippen LogP contribution is -2.45. The summed E-state index contributed by atoms with van der Waals surface area (Å²) in [7, 11) is 0. The molecule has 98 valence electrons. The monoisotopic (exact) mass is 265 g/mol. The number of carbonyl (C=O) groups excluding carboxylic acids is 1. The number of rotatable bonds is 4. The van der Waals surface area contributed by atoms with Crippen LogP contribution in [0, 0.1) is 0 Å². The van der Waals surface area contributed by atoms with Crippen molar-refractivity contribution in [1.29, 1.82) is 0 Å². The minimum absolute atomic E-state index is 0.00908. The molecule has 0 bridgehead atoms. The summed E-state index contributed by atoms with van der Waals surface area (Å²) in [6.45, 7) is 0. The number of hydrogen-bond acceptors (Lipinski definition) is 3. The van der Waals surface area contributed by atoms with Crippen LogP contribution in [0.3, 0.4) is 0 Å². The van der Waals surface area contributed by atoms with Gasteiger partial charge in [-0.05, 0) is 25.0 Å². The Morgan fingerprint density at radius 2 is 2.00 bits per heavy atom. The average Bonchev–Trinajstić information content (AvgIpc) is 2.40. The van der Waals surface area contributed by atoms with Crippen LogP contribution in [0.1, 0.15) is 25.7 Å². The zero-order chi connectivity index (χ0) is 12.8. The summed E-state index contributed by atoms with van der Waals surface area (Å²) in [5.41, 5.74) is 0. The third-order valence-electron chi connectivity index (χ3n) is 3.19. The molecule has 0 radical (unpaired) electrons. The third kappa shape index (κ3) is 4.03. The number of aliphatic hydroxyl groups excluding tert-OH is 1. The number of nitrogens with one attached hydrogen (secondary N) is 1. The highest BCUT2D eigenvalue weighted by Crippen LogP contribution is 2.19. The largest absolute Gasteiger partial charge is 0.391 e. The highest BCUT2D eigenvalue weighted by molar-refractivity contribution is 8.00. The van der Waals surface area contributed by atoms with Crippen molar-refractivity contribution in [2.45, 2.75) is 42.7 Å². The number of aliphatic hydroxyl groups is 1. The van der Waals surface area contributed by atoms with Gasteiger partial charge >= 0.3 is 0 Å². The predicted octanol–water partition coefficient (Wildman–Crippen LogP) is 2.20. The molecular formula is C14H19NO2S. The van der Waals surface area contributed by atoms with E-state index in [2.05, 4.69) is 5.32 Å². The van der Waals surface area contributed by atoms with Gasteiger partial charge in [-0.3, -0.25) is 4.79 Å². The van der Waals surface area contributed by atoms with Crippen LogP contribution in [0.5, 0.6) is 0 Å². The Kier molecular flexibility index (Phi) is 5.08. The minimum Gasteiger partial charge on any atom is -0.391 e. The first kappa shape index (κ1) is 13.4. The molecule has 2 N–H and O–H groups in total. The predicted molar refractivity (Wildman–Crippen MR) is 73.6 cm³/mol. The van der Waals surface area contributed by atoms with Crippen LogP contribution in [0.15, 0.2) is 35.2 Å². The van der Waals surface area contributed by atoms with Gasteiger partial charge in [0.1, 0.15) is 0 Å². The van der Waals surface area contributed by atoms with E-state index in [0.29, 0.717) is 5.75 Å². The van der Waals surface area contributed by atoms with Gasteiger partial charge in [0.2, 0.25) is 5.91 Å². The van der Waals surface area contributed by atoms with E-state index in [4.69, 9.17) is 0 Å². The Hall–Kier alpha value is -1.00. The van der Waals surface area contributed by atoms with Crippen LogP contribution in [-0.4, -0.2) is 28.9 Å². The van der Waals surface area contributed by atoms with E-state index in [1.54, 1.807) is 0 Å². The summed E-state index contributed by atoms with van der Waals surface area (Å²) < 4.78 is 0. The Morgan fingerprint density at radius 1 is 1.28 bits per heavy atom. The second-order valence-corrected chi connectivity index (χ2v) is 5.68. The van der Waals surface area contributed by atoms with Gasteiger partial charge in [0, 0.05) is 4.90 Å². The molecule has 0 saturated heterocycles. The van der Waals surface area contributed by atoms with Crippen LogP contribution < -0.4 is 5.32 Å². The van der Waals surface area contributed by atoms with Gasteiger partial charge in [-0.15, -0.1) is 11.8 Å². The van der Waals surface area contributed by atoms with Gasteiger partial charge in [-0.1, -0.05) is 31.0 Å². The molecule has 2 rings (SSSR count). The van der Waals surface area contributed by atoms with Crippen molar-refractivity contribution in [2.75, 3.05) is 5.75 Å². The lowest BCUT2D eigenvalue weighted by Gasteiger charge is -2.28. The van der Waals surface area contributed by atoms with Gasteiger partial charge in [-0.2, -0.15) is 0 Å². The Bertz CT molecular complexity index is 383. The normalized spacial score (nSPS) is 23.6. The molecule has 1 amide bonds. The zero-order valence-corrected chi connectivity index (χ0v) is 11.2. The van der Waals surface area contributed by atoms with Crippen LogP contribution in [0.4, 0.5) is 0 Å². The third-order valence-corrected chi connectivity index (χ3v) is 4.20. The Balaban J connectivity index is 1.75. The standard InChI is InChI=1S/C14H19NO2S/c16-13-9-5-4-8-12(13)15-14(17)10-18-11-6-2-1-3-7-11/h1-3,6-7,12-13,16H,4-5,8-10H2,(H,15,17)/t12-,13-/m0/s1. The smallest absolute Gasteiger partial charge is 0.230 e. The molecular weight excluding hydrogens is 246 g/mol. The van der Waals surface area contributed by atoms with Crippen molar-refractivity contribution in [3.05, 3.63) is 30.3 Å². The number of thioether (sulfide) groups is 1. The molecule has 1 aliphatic rings. The van der Waals surface area contributed by atoms with Gasteiger partial charge in [0.05, 0.1) is 17.9 Å². The lowest BCUT2D eigenvalue weighted by atomic mass is 9.93. The summed E-state index contributed by atoms with van der Waals surface area (Å²) in [6, 6.07) is 9.82. The van der Waals surface area contributed by atoms with Crippen LogP contribution in [0.2, 0.25) is 0 Å². The maximum Gasteiger partial charge on any atom is 0.230 e. The zero-order valence-electron chi connectivity index (χ0n) is 10.3. The fraction of sp³-hybridized carbons (Fsp3) is 0.500. The fourth-order valence-electron chi connectivity index (χ4n) is 2.19. The maximum atomic E-state index is 11.8. The fourth-order valence-corrected chi connectivity index (χ4v) is 2.92. The molecule has 1 aromatic rings. The number of hydrogen-bond donors (Lipinski definition) is 2. The Labute approximate surface area is 112 Å². The molecule has 0 spiro atoms. The van der Waals surface area contributed by atoms with E-state index in [9.17, 15) is 9.90 Å². The maximum absolute atomic E-state index is 11.8.